The minimum Gasteiger partial charge on any atom is -0.464 e. The molecule has 2 fully saturated rings. The van der Waals surface area contributed by atoms with Gasteiger partial charge < -0.3 is 24.0 Å². The molecule has 2 saturated heterocycles. The van der Waals surface area contributed by atoms with E-state index in [4.69, 9.17) is 14.2 Å². The van der Waals surface area contributed by atoms with Crippen molar-refractivity contribution in [3.63, 3.8) is 0 Å². The number of carbonyl (C=O) groups is 3. The second-order valence-electron chi connectivity index (χ2n) is 7.61. The zero-order valence-electron chi connectivity index (χ0n) is 16.2. The van der Waals surface area contributed by atoms with E-state index >= 15 is 0 Å². The number of esters is 1. The lowest BCUT2D eigenvalue weighted by atomic mass is 9.97. The minimum absolute atomic E-state index is 0.0600. The van der Waals surface area contributed by atoms with Gasteiger partial charge in [0, 0.05) is 32.2 Å². The van der Waals surface area contributed by atoms with Crippen LogP contribution >= 0.6 is 0 Å². The first kappa shape index (κ1) is 20.5. The van der Waals surface area contributed by atoms with E-state index in [9.17, 15) is 14.4 Å². The average molecular weight is 370 g/mol. The zero-order chi connectivity index (χ0) is 19.3. The topological polar surface area (TPSA) is 85.4 Å². The molecule has 8 heteroatoms. The van der Waals surface area contributed by atoms with Crippen LogP contribution in [-0.4, -0.2) is 78.9 Å². The van der Waals surface area contributed by atoms with Gasteiger partial charge in [-0.05, 0) is 40.5 Å². The minimum atomic E-state index is -0.799. The zero-order valence-corrected chi connectivity index (χ0v) is 16.2. The van der Waals surface area contributed by atoms with Crippen LogP contribution in [0.3, 0.4) is 0 Å². The monoisotopic (exact) mass is 370 g/mol. The lowest BCUT2D eigenvalue weighted by molar-refractivity contribution is -0.160. The summed E-state index contributed by atoms with van der Waals surface area (Å²) in [6, 6.07) is -0.799. The molecule has 2 aliphatic heterocycles. The number of hydrogen-bond donors (Lipinski definition) is 0. The molecular formula is C18H30N2O6. The number of carbonyl (C=O) groups excluding carboxylic acids is 3. The van der Waals surface area contributed by atoms with Crippen molar-refractivity contribution in [2.24, 2.45) is 5.92 Å². The van der Waals surface area contributed by atoms with Crippen LogP contribution in [-0.2, 0) is 23.8 Å². The summed E-state index contributed by atoms with van der Waals surface area (Å²) in [5.74, 6) is -0.690. The molecule has 2 rings (SSSR count). The number of nitrogens with zero attached hydrogens (tertiary/aromatic N) is 2. The maximum absolute atomic E-state index is 12.9. The van der Waals surface area contributed by atoms with E-state index in [0.29, 0.717) is 39.1 Å². The molecule has 0 N–H and O–H groups in total. The van der Waals surface area contributed by atoms with E-state index in [1.165, 1.54) is 4.90 Å². The fourth-order valence-electron chi connectivity index (χ4n) is 3.16. The molecule has 2 heterocycles. The van der Waals surface area contributed by atoms with E-state index in [1.807, 2.05) is 0 Å². The Hall–Kier alpha value is -1.83. The van der Waals surface area contributed by atoms with Crippen LogP contribution in [0.5, 0.6) is 0 Å². The molecule has 0 spiro atoms. The second kappa shape index (κ2) is 8.70. The third-order valence-electron chi connectivity index (χ3n) is 4.44. The smallest absolute Gasteiger partial charge is 0.410 e. The highest BCUT2D eigenvalue weighted by atomic mass is 16.6. The van der Waals surface area contributed by atoms with E-state index in [0.717, 1.165) is 0 Å². The van der Waals surface area contributed by atoms with Crippen molar-refractivity contribution in [3.05, 3.63) is 0 Å². The van der Waals surface area contributed by atoms with Gasteiger partial charge in [0.15, 0.2) is 0 Å². The number of amides is 2. The van der Waals surface area contributed by atoms with Crippen molar-refractivity contribution < 1.29 is 28.6 Å². The third kappa shape index (κ3) is 5.33. The lowest BCUT2D eigenvalue weighted by Crippen LogP contribution is -2.61. The summed E-state index contributed by atoms with van der Waals surface area (Å²) >= 11 is 0. The highest BCUT2D eigenvalue weighted by molar-refractivity contribution is 5.87. The number of piperazine rings is 1. The van der Waals surface area contributed by atoms with Crippen LogP contribution in [0.4, 0.5) is 4.79 Å². The lowest BCUT2D eigenvalue weighted by Gasteiger charge is -2.41. The first-order valence-corrected chi connectivity index (χ1v) is 9.25. The Balaban J connectivity index is 2.10. The summed E-state index contributed by atoms with van der Waals surface area (Å²) in [5.41, 5.74) is -0.619. The fraction of sp³-hybridized carbons (Fsp3) is 0.833. The fourth-order valence-corrected chi connectivity index (χ4v) is 3.16. The molecule has 0 bridgehead atoms. The van der Waals surface area contributed by atoms with Gasteiger partial charge in [-0.1, -0.05) is 0 Å². The first-order chi connectivity index (χ1) is 12.2. The Morgan fingerprint density at radius 2 is 1.77 bits per heavy atom. The molecule has 2 aliphatic rings. The molecule has 2 amide bonds. The van der Waals surface area contributed by atoms with Gasteiger partial charge in [0.2, 0.25) is 5.91 Å². The van der Waals surface area contributed by atoms with Gasteiger partial charge in [0.25, 0.3) is 0 Å². The Morgan fingerprint density at radius 1 is 1.12 bits per heavy atom. The molecule has 0 saturated carbocycles. The van der Waals surface area contributed by atoms with Gasteiger partial charge in [-0.15, -0.1) is 0 Å². The maximum Gasteiger partial charge on any atom is 0.410 e. The third-order valence-corrected chi connectivity index (χ3v) is 4.44. The maximum atomic E-state index is 12.9. The van der Waals surface area contributed by atoms with Crippen LogP contribution in [0, 0.1) is 5.92 Å². The average Bonchev–Trinajstić information content (AvgIpc) is 2.60. The first-order valence-electron chi connectivity index (χ1n) is 9.25. The summed E-state index contributed by atoms with van der Waals surface area (Å²) < 4.78 is 15.8. The number of ether oxygens (including phenoxy) is 3. The van der Waals surface area contributed by atoms with Gasteiger partial charge >= 0.3 is 12.1 Å². The van der Waals surface area contributed by atoms with Gasteiger partial charge in [-0.25, -0.2) is 9.59 Å². The summed E-state index contributed by atoms with van der Waals surface area (Å²) in [5, 5.41) is 0. The molecule has 0 aromatic heterocycles. The summed E-state index contributed by atoms with van der Waals surface area (Å²) in [7, 11) is 0. The standard InChI is InChI=1S/C18H30N2O6/c1-5-25-16(22)14-12-19(17(23)26-18(2,3)4)8-9-20(14)15(21)13-6-10-24-11-7-13/h13-14H,5-12H2,1-4H3. The van der Waals surface area contributed by atoms with Gasteiger partial charge in [-0.3, -0.25) is 4.79 Å². The number of rotatable bonds is 3. The summed E-state index contributed by atoms with van der Waals surface area (Å²) in [6.07, 6.45) is 0.825. The number of hydrogen-bond acceptors (Lipinski definition) is 6. The van der Waals surface area contributed by atoms with Crippen LogP contribution in [0.15, 0.2) is 0 Å². The Bertz CT molecular complexity index is 524. The molecule has 0 aromatic carbocycles. The van der Waals surface area contributed by atoms with Gasteiger partial charge in [-0.2, -0.15) is 0 Å². The summed E-state index contributed by atoms with van der Waals surface area (Å²) in [4.78, 5) is 40.7. The quantitative estimate of drug-likeness (QED) is 0.699. The van der Waals surface area contributed by atoms with Crippen molar-refractivity contribution in [3.8, 4) is 0 Å². The molecule has 0 aliphatic carbocycles. The van der Waals surface area contributed by atoms with Crippen molar-refractivity contribution in [2.75, 3.05) is 39.5 Å². The molecule has 0 radical (unpaired) electrons. The van der Waals surface area contributed by atoms with Crippen molar-refractivity contribution >= 4 is 18.0 Å². The molecule has 26 heavy (non-hydrogen) atoms. The SMILES string of the molecule is CCOC(=O)C1CN(C(=O)OC(C)(C)C)CCN1C(=O)C1CCOCC1. The Morgan fingerprint density at radius 3 is 2.35 bits per heavy atom. The summed E-state index contributed by atoms with van der Waals surface area (Å²) in [6.45, 7) is 9.13. The molecule has 1 unspecified atom stereocenters. The predicted octanol–water partition coefficient (Wildman–Crippen LogP) is 1.42. The van der Waals surface area contributed by atoms with Gasteiger partial charge in [0.1, 0.15) is 11.6 Å². The second-order valence-corrected chi connectivity index (χ2v) is 7.61. The largest absolute Gasteiger partial charge is 0.464 e. The molecular weight excluding hydrogens is 340 g/mol. The van der Waals surface area contributed by atoms with E-state index in [1.54, 1.807) is 32.6 Å². The molecule has 8 nitrogen and oxygen atoms in total. The van der Waals surface area contributed by atoms with Crippen molar-refractivity contribution in [1.82, 2.24) is 9.80 Å². The Kier molecular flexibility index (Phi) is 6.86. The highest BCUT2D eigenvalue weighted by Crippen LogP contribution is 2.22. The van der Waals surface area contributed by atoms with Crippen LogP contribution in [0.2, 0.25) is 0 Å². The Labute approximate surface area is 154 Å². The van der Waals surface area contributed by atoms with Crippen LogP contribution in [0.25, 0.3) is 0 Å². The molecule has 148 valence electrons. The van der Waals surface area contributed by atoms with Crippen LogP contribution in [0.1, 0.15) is 40.5 Å². The predicted molar refractivity (Wildman–Crippen MR) is 93.5 cm³/mol. The van der Waals surface area contributed by atoms with E-state index in [2.05, 4.69) is 0 Å². The van der Waals surface area contributed by atoms with E-state index < -0.39 is 23.7 Å². The van der Waals surface area contributed by atoms with Gasteiger partial charge in [0.05, 0.1) is 13.2 Å². The van der Waals surface area contributed by atoms with Crippen molar-refractivity contribution in [2.45, 2.75) is 52.2 Å². The van der Waals surface area contributed by atoms with Crippen LogP contribution < -0.4 is 0 Å². The normalized spacial score (nSPS) is 22.1. The molecule has 1 atom stereocenters. The van der Waals surface area contributed by atoms with Crippen molar-refractivity contribution in [1.29, 1.82) is 0 Å². The highest BCUT2D eigenvalue weighted by Gasteiger charge is 2.41. The molecule has 0 aromatic rings. The van der Waals surface area contributed by atoms with E-state index in [-0.39, 0.29) is 25.0 Å².